The normalized spacial score (nSPS) is 34.6. The molecular formula is C15H26N2O3. The first-order chi connectivity index (χ1) is 9.49. The number of carbonyl (C=O) groups is 2. The van der Waals surface area contributed by atoms with Crippen molar-refractivity contribution in [3.05, 3.63) is 0 Å². The quantitative estimate of drug-likeness (QED) is 0.817. The fraction of sp³-hybridized carbons (Fsp3) is 0.867. The number of likely N-dealkylation sites (tertiary alicyclic amines) is 1. The van der Waals surface area contributed by atoms with E-state index in [4.69, 9.17) is 0 Å². The molecule has 2 unspecified atom stereocenters. The minimum absolute atomic E-state index is 0.0263. The molecule has 1 heterocycles. The molecule has 20 heavy (non-hydrogen) atoms. The Morgan fingerprint density at radius 3 is 2.35 bits per heavy atom. The van der Waals surface area contributed by atoms with Gasteiger partial charge in [-0.25, -0.2) is 9.59 Å². The molecule has 114 valence electrons. The Bertz CT molecular complexity index is 364. The van der Waals surface area contributed by atoms with Crippen LogP contribution in [0.4, 0.5) is 4.79 Å². The molecule has 0 aromatic carbocycles. The highest BCUT2D eigenvalue weighted by Crippen LogP contribution is 2.26. The summed E-state index contributed by atoms with van der Waals surface area (Å²) in [5, 5.41) is 12.4. The summed E-state index contributed by atoms with van der Waals surface area (Å²) in [5.74, 6) is -0.118. The number of carbonyl (C=O) groups excluding carboxylic acids is 1. The lowest BCUT2D eigenvalue weighted by molar-refractivity contribution is -0.145. The van der Waals surface area contributed by atoms with Crippen LogP contribution in [0.25, 0.3) is 0 Å². The van der Waals surface area contributed by atoms with Crippen LogP contribution in [0, 0.1) is 11.8 Å². The average Bonchev–Trinajstić information content (AvgIpc) is 2.40. The number of piperidine rings is 1. The topological polar surface area (TPSA) is 69.6 Å². The molecule has 0 spiro atoms. The maximum Gasteiger partial charge on any atom is 0.326 e. The number of carboxylic acids is 1. The molecule has 2 amide bonds. The zero-order valence-electron chi connectivity index (χ0n) is 12.5. The van der Waals surface area contributed by atoms with E-state index in [9.17, 15) is 14.7 Å². The van der Waals surface area contributed by atoms with E-state index in [1.807, 2.05) is 6.92 Å². The van der Waals surface area contributed by atoms with Gasteiger partial charge in [-0.05, 0) is 50.4 Å². The van der Waals surface area contributed by atoms with Gasteiger partial charge in [0.2, 0.25) is 0 Å². The molecule has 1 saturated heterocycles. The fourth-order valence-corrected chi connectivity index (χ4v) is 3.45. The number of nitrogens with zero attached hydrogens (tertiary/aromatic N) is 1. The highest BCUT2D eigenvalue weighted by atomic mass is 16.4. The molecule has 5 nitrogen and oxygen atoms in total. The van der Waals surface area contributed by atoms with Gasteiger partial charge in [0, 0.05) is 12.6 Å². The molecule has 5 heteroatoms. The first-order valence-electron chi connectivity index (χ1n) is 7.79. The Kier molecular flexibility index (Phi) is 4.89. The highest BCUT2D eigenvalue weighted by Gasteiger charge is 2.37. The van der Waals surface area contributed by atoms with Crippen LogP contribution >= 0.6 is 0 Å². The second-order valence-corrected chi connectivity index (χ2v) is 6.50. The molecular weight excluding hydrogens is 256 g/mol. The fourth-order valence-electron chi connectivity index (χ4n) is 3.45. The van der Waals surface area contributed by atoms with E-state index in [0.29, 0.717) is 6.54 Å². The van der Waals surface area contributed by atoms with Crippen molar-refractivity contribution in [3.63, 3.8) is 0 Å². The number of rotatable bonds is 2. The Morgan fingerprint density at radius 2 is 1.75 bits per heavy atom. The van der Waals surface area contributed by atoms with Gasteiger partial charge >= 0.3 is 12.0 Å². The molecule has 2 fully saturated rings. The predicted octanol–water partition coefficient (Wildman–Crippen LogP) is 2.46. The molecule has 0 radical (unpaired) electrons. The van der Waals surface area contributed by atoms with Crippen molar-refractivity contribution in [2.45, 2.75) is 64.5 Å². The van der Waals surface area contributed by atoms with Crippen LogP contribution < -0.4 is 5.32 Å². The molecule has 0 bridgehead atoms. The van der Waals surface area contributed by atoms with Gasteiger partial charge in [0.25, 0.3) is 0 Å². The van der Waals surface area contributed by atoms with Crippen LogP contribution in [0.5, 0.6) is 0 Å². The van der Waals surface area contributed by atoms with E-state index in [-0.39, 0.29) is 18.0 Å². The summed E-state index contributed by atoms with van der Waals surface area (Å²) in [6.07, 6.45) is 6.07. The largest absolute Gasteiger partial charge is 0.480 e. The van der Waals surface area contributed by atoms with Gasteiger partial charge in [-0.3, -0.25) is 0 Å². The van der Waals surface area contributed by atoms with Crippen LogP contribution in [0.15, 0.2) is 0 Å². The molecule has 0 aromatic rings. The number of amides is 2. The molecule has 1 saturated carbocycles. The summed E-state index contributed by atoms with van der Waals surface area (Å²) < 4.78 is 0. The number of hydrogen-bond donors (Lipinski definition) is 2. The van der Waals surface area contributed by atoms with Crippen LogP contribution in [-0.4, -0.2) is 40.6 Å². The van der Waals surface area contributed by atoms with Gasteiger partial charge in [-0.15, -0.1) is 0 Å². The van der Waals surface area contributed by atoms with Crippen LogP contribution in [0.2, 0.25) is 0 Å². The molecule has 1 aliphatic heterocycles. The maximum absolute atomic E-state index is 12.4. The van der Waals surface area contributed by atoms with E-state index >= 15 is 0 Å². The van der Waals surface area contributed by atoms with Gasteiger partial charge in [0.05, 0.1) is 0 Å². The Labute approximate surface area is 120 Å². The summed E-state index contributed by atoms with van der Waals surface area (Å²) >= 11 is 0. The second kappa shape index (κ2) is 6.46. The standard InChI is InChI=1S/C15H26N2O3/c1-10-5-7-12(8-6-10)16-15(20)17-9-3-4-11(2)13(17)14(18)19/h10-13H,3-9H2,1-2H3,(H,16,20)(H,18,19). The summed E-state index contributed by atoms with van der Waals surface area (Å²) in [6, 6.07) is -0.653. The van der Waals surface area contributed by atoms with Gasteiger partial charge in [0.15, 0.2) is 0 Å². The van der Waals surface area contributed by atoms with Crippen LogP contribution in [-0.2, 0) is 4.79 Å². The van der Waals surface area contributed by atoms with Crippen molar-refractivity contribution in [1.82, 2.24) is 10.2 Å². The molecule has 0 aromatic heterocycles. The lowest BCUT2D eigenvalue weighted by atomic mass is 9.87. The first kappa shape index (κ1) is 15.1. The van der Waals surface area contributed by atoms with E-state index in [0.717, 1.165) is 44.4 Å². The number of hydrogen-bond acceptors (Lipinski definition) is 2. The maximum atomic E-state index is 12.4. The van der Waals surface area contributed by atoms with E-state index in [2.05, 4.69) is 12.2 Å². The van der Waals surface area contributed by atoms with Crippen molar-refractivity contribution >= 4 is 12.0 Å². The third-order valence-electron chi connectivity index (χ3n) is 4.79. The molecule has 2 rings (SSSR count). The van der Waals surface area contributed by atoms with Crippen LogP contribution in [0.3, 0.4) is 0 Å². The van der Waals surface area contributed by atoms with E-state index in [1.54, 1.807) is 0 Å². The third-order valence-corrected chi connectivity index (χ3v) is 4.79. The minimum atomic E-state index is -0.885. The number of aliphatic carboxylic acids is 1. The second-order valence-electron chi connectivity index (χ2n) is 6.50. The zero-order valence-corrected chi connectivity index (χ0v) is 12.5. The zero-order chi connectivity index (χ0) is 14.7. The Balaban J connectivity index is 1.94. The predicted molar refractivity (Wildman–Crippen MR) is 76.5 cm³/mol. The molecule has 2 N–H and O–H groups in total. The Hall–Kier alpha value is -1.26. The monoisotopic (exact) mass is 282 g/mol. The number of carboxylic acid groups (broad SMARTS) is 1. The van der Waals surface area contributed by atoms with Crippen molar-refractivity contribution in [3.8, 4) is 0 Å². The third kappa shape index (κ3) is 3.44. The van der Waals surface area contributed by atoms with Gasteiger partial charge in [0.1, 0.15) is 6.04 Å². The van der Waals surface area contributed by atoms with Crippen molar-refractivity contribution in [2.75, 3.05) is 6.54 Å². The molecule has 2 atom stereocenters. The summed E-state index contributed by atoms with van der Waals surface area (Å²) in [6.45, 7) is 4.71. The lowest BCUT2D eigenvalue weighted by Crippen LogP contribution is -2.56. The number of nitrogens with one attached hydrogen (secondary N) is 1. The van der Waals surface area contributed by atoms with Crippen LogP contribution in [0.1, 0.15) is 52.4 Å². The van der Waals surface area contributed by atoms with Gasteiger partial charge in [-0.2, -0.15) is 0 Å². The van der Waals surface area contributed by atoms with Crippen molar-refractivity contribution < 1.29 is 14.7 Å². The number of urea groups is 1. The summed E-state index contributed by atoms with van der Waals surface area (Å²) in [7, 11) is 0. The van der Waals surface area contributed by atoms with Gasteiger partial charge in [-0.1, -0.05) is 13.8 Å². The van der Waals surface area contributed by atoms with E-state index < -0.39 is 12.0 Å². The molecule has 2 aliphatic rings. The van der Waals surface area contributed by atoms with E-state index in [1.165, 1.54) is 4.90 Å². The minimum Gasteiger partial charge on any atom is -0.480 e. The highest BCUT2D eigenvalue weighted by molar-refractivity contribution is 5.83. The summed E-state index contributed by atoms with van der Waals surface area (Å²) in [5.41, 5.74) is 0. The smallest absolute Gasteiger partial charge is 0.326 e. The first-order valence-corrected chi connectivity index (χ1v) is 7.79. The van der Waals surface area contributed by atoms with Crippen molar-refractivity contribution in [1.29, 1.82) is 0 Å². The van der Waals surface area contributed by atoms with Gasteiger partial charge < -0.3 is 15.3 Å². The Morgan fingerprint density at radius 1 is 1.10 bits per heavy atom. The SMILES string of the molecule is CC1CCC(NC(=O)N2CCCC(C)C2C(=O)O)CC1. The van der Waals surface area contributed by atoms with Crippen molar-refractivity contribution in [2.24, 2.45) is 11.8 Å². The summed E-state index contributed by atoms with van der Waals surface area (Å²) in [4.78, 5) is 25.3. The lowest BCUT2D eigenvalue weighted by Gasteiger charge is -2.38. The molecule has 1 aliphatic carbocycles. The average molecular weight is 282 g/mol.